The van der Waals surface area contributed by atoms with Crippen molar-refractivity contribution in [2.45, 2.75) is 0 Å². The maximum atomic E-state index is 13.8. The molecule has 1 heterocycles. The second-order valence-electron chi connectivity index (χ2n) is 5.56. The van der Waals surface area contributed by atoms with E-state index in [-0.39, 0.29) is 18.3 Å². The monoisotopic (exact) mass is 392 g/mol. The highest BCUT2D eigenvalue weighted by atomic mass is 79.9. The molecule has 0 bridgehead atoms. The van der Waals surface area contributed by atoms with Gasteiger partial charge in [-0.2, -0.15) is 0 Å². The normalized spacial score (nSPS) is 14.6. The maximum absolute atomic E-state index is 13.8. The quantitative estimate of drug-likeness (QED) is 0.799. The summed E-state index contributed by atoms with van der Waals surface area (Å²) in [5.74, 6) is 0.387. The Morgan fingerprint density at radius 2 is 1.71 bits per heavy atom. The van der Waals surface area contributed by atoms with Crippen LogP contribution in [0.1, 0.15) is 0 Å². The Kier molecular flexibility index (Phi) is 5.35. The van der Waals surface area contributed by atoms with E-state index in [0.29, 0.717) is 37.6 Å². The Balaban J connectivity index is 1.50. The van der Waals surface area contributed by atoms with Gasteiger partial charge >= 0.3 is 0 Å². The summed E-state index contributed by atoms with van der Waals surface area (Å²) in [6.07, 6.45) is 0. The zero-order chi connectivity index (χ0) is 16.9. The number of rotatable bonds is 4. The van der Waals surface area contributed by atoms with Crippen LogP contribution in [-0.2, 0) is 4.79 Å². The van der Waals surface area contributed by atoms with Gasteiger partial charge in [0.25, 0.3) is 5.91 Å². The third kappa shape index (κ3) is 4.06. The number of nitrogens with zero attached hydrogens (tertiary/aromatic N) is 2. The standard InChI is InChI=1S/C18H18BrFN2O2/c19-14-5-7-15(8-6-14)24-13-18(23)22-11-9-21(10-12-22)17-4-2-1-3-16(17)20/h1-8H,9-13H2. The van der Waals surface area contributed by atoms with Crippen molar-refractivity contribution in [3.63, 3.8) is 0 Å². The van der Waals surface area contributed by atoms with E-state index in [2.05, 4.69) is 15.9 Å². The first kappa shape index (κ1) is 16.8. The van der Waals surface area contributed by atoms with Crippen LogP contribution in [0, 0.1) is 5.82 Å². The highest BCUT2D eigenvalue weighted by Crippen LogP contribution is 2.20. The van der Waals surface area contributed by atoms with Gasteiger partial charge in [-0.3, -0.25) is 4.79 Å². The van der Waals surface area contributed by atoms with Crippen LogP contribution in [0.5, 0.6) is 5.75 Å². The summed E-state index contributed by atoms with van der Waals surface area (Å²) in [7, 11) is 0. The fraction of sp³-hybridized carbons (Fsp3) is 0.278. The van der Waals surface area contributed by atoms with Crippen molar-refractivity contribution in [1.29, 1.82) is 0 Å². The average Bonchev–Trinajstić information content (AvgIpc) is 2.61. The molecule has 0 unspecified atom stereocenters. The van der Waals surface area contributed by atoms with Crippen molar-refractivity contribution in [1.82, 2.24) is 4.90 Å². The molecule has 1 fully saturated rings. The predicted octanol–water partition coefficient (Wildman–Crippen LogP) is 3.32. The molecule has 0 aliphatic carbocycles. The van der Waals surface area contributed by atoms with Crippen LogP contribution in [0.15, 0.2) is 53.0 Å². The van der Waals surface area contributed by atoms with Crippen LogP contribution in [0.4, 0.5) is 10.1 Å². The SMILES string of the molecule is O=C(COc1ccc(Br)cc1)N1CCN(c2ccccc2F)CC1. The number of ether oxygens (including phenoxy) is 1. The first-order valence-electron chi connectivity index (χ1n) is 7.79. The van der Waals surface area contributed by atoms with Crippen LogP contribution in [0.3, 0.4) is 0 Å². The van der Waals surface area contributed by atoms with Gasteiger partial charge in [-0.1, -0.05) is 28.1 Å². The number of hydrogen-bond acceptors (Lipinski definition) is 3. The van der Waals surface area contributed by atoms with Gasteiger partial charge in [-0.25, -0.2) is 4.39 Å². The molecule has 2 aromatic rings. The Morgan fingerprint density at radius 3 is 2.38 bits per heavy atom. The molecule has 0 aromatic heterocycles. The number of para-hydroxylation sites is 1. The molecule has 4 nitrogen and oxygen atoms in total. The lowest BCUT2D eigenvalue weighted by molar-refractivity contribution is -0.133. The highest BCUT2D eigenvalue weighted by Gasteiger charge is 2.22. The zero-order valence-electron chi connectivity index (χ0n) is 13.1. The van der Waals surface area contributed by atoms with Crippen molar-refractivity contribution in [3.8, 4) is 5.75 Å². The van der Waals surface area contributed by atoms with Gasteiger partial charge in [0.15, 0.2) is 6.61 Å². The van der Waals surface area contributed by atoms with Crippen molar-refractivity contribution < 1.29 is 13.9 Å². The minimum absolute atomic E-state index is 0.0152. The third-order valence-electron chi connectivity index (χ3n) is 4.00. The number of halogens is 2. The lowest BCUT2D eigenvalue weighted by atomic mass is 10.2. The molecular formula is C18H18BrFN2O2. The van der Waals surface area contributed by atoms with Crippen LogP contribution >= 0.6 is 15.9 Å². The van der Waals surface area contributed by atoms with Gasteiger partial charge in [0.1, 0.15) is 11.6 Å². The van der Waals surface area contributed by atoms with E-state index in [1.165, 1.54) is 6.07 Å². The van der Waals surface area contributed by atoms with E-state index >= 15 is 0 Å². The van der Waals surface area contributed by atoms with Gasteiger partial charge < -0.3 is 14.5 Å². The Bertz CT molecular complexity index is 700. The zero-order valence-corrected chi connectivity index (χ0v) is 14.7. The number of benzene rings is 2. The lowest BCUT2D eigenvalue weighted by Crippen LogP contribution is -2.50. The number of piperazine rings is 1. The molecule has 0 radical (unpaired) electrons. The summed E-state index contributed by atoms with van der Waals surface area (Å²) >= 11 is 3.36. The molecule has 0 saturated carbocycles. The van der Waals surface area contributed by atoms with Gasteiger partial charge in [0.2, 0.25) is 0 Å². The van der Waals surface area contributed by atoms with E-state index in [9.17, 15) is 9.18 Å². The van der Waals surface area contributed by atoms with Gasteiger partial charge in [0, 0.05) is 30.7 Å². The van der Waals surface area contributed by atoms with Gasteiger partial charge in [-0.05, 0) is 36.4 Å². The van der Waals surface area contributed by atoms with Gasteiger partial charge in [0.05, 0.1) is 5.69 Å². The number of amides is 1. The maximum Gasteiger partial charge on any atom is 0.260 e. The molecule has 1 aliphatic rings. The molecule has 0 spiro atoms. The molecule has 0 N–H and O–H groups in total. The molecule has 1 saturated heterocycles. The Hall–Kier alpha value is -2.08. The minimum Gasteiger partial charge on any atom is -0.484 e. The number of hydrogen-bond donors (Lipinski definition) is 0. The first-order chi connectivity index (χ1) is 11.6. The molecule has 0 atom stereocenters. The van der Waals surface area contributed by atoms with Crippen LogP contribution in [0.25, 0.3) is 0 Å². The van der Waals surface area contributed by atoms with E-state index < -0.39 is 0 Å². The number of carbonyl (C=O) groups excluding carboxylic acids is 1. The molecule has 126 valence electrons. The van der Waals surface area contributed by atoms with Crippen molar-refractivity contribution >= 4 is 27.5 Å². The Labute approximate surface area is 149 Å². The largest absolute Gasteiger partial charge is 0.484 e. The average molecular weight is 393 g/mol. The third-order valence-corrected chi connectivity index (χ3v) is 4.53. The molecule has 24 heavy (non-hydrogen) atoms. The molecule has 1 aliphatic heterocycles. The molecule has 6 heteroatoms. The van der Waals surface area contributed by atoms with Crippen LogP contribution in [0.2, 0.25) is 0 Å². The highest BCUT2D eigenvalue weighted by molar-refractivity contribution is 9.10. The van der Waals surface area contributed by atoms with E-state index in [1.54, 1.807) is 17.0 Å². The number of carbonyl (C=O) groups is 1. The Morgan fingerprint density at radius 1 is 1.04 bits per heavy atom. The van der Waals surface area contributed by atoms with Crippen LogP contribution in [-0.4, -0.2) is 43.6 Å². The van der Waals surface area contributed by atoms with Crippen LogP contribution < -0.4 is 9.64 Å². The summed E-state index contributed by atoms with van der Waals surface area (Å²) in [6, 6.07) is 14.1. The molecule has 1 amide bonds. The number of anilines is 1. The summed E-state index contributed by atoms with van der Waals surface area (Å²) in [5.41, 5.74) is 0.593. The topological polar surface area (TPSA) is 32.8 Å². The summed E-state index contributed by atoms with van der Waals surface area (Å²) < 4.78 is 20.3. The lowest BCUT2D eigenvalue weighted by Gasteiger charge is -2.36. The van der Waals surface area contributed by atoms with E-state index in [0.717, 1.165) is 4.47 Å². The fourth-order valence-electron chi connectivity index (χ4n) is 2.67. The van der Waals surface area contributed by atoms with Crippen molar-refractivity contribution in [3.05, 3.63) is 58.8 Å². The summed E-state index contributed by atoms with van der Waals surface area (Å²) in [6.45, 7) is 2.38. The predicted molar refractivity (Wildman–Crippen MR) is 94.8 cm³/mol. The second kappa shape index (κ2) is 7.66. The molecule has 2 aromatic carbocycles. The van der Waals surface area contributed by atoms with Crippen molar-refractivity contribution in [2.75, 3.05) is 37.7 Å². The smallest absolute Gasteiger partial charge is 0.260 e. The summed E-state index contributed by atoms with van der Waals surface area (Å²) in [4.78, 5) is 16.0. The molecule has 3 rings (SSSR count). The first-order valence-corrected chi connectivity index (χ1v) is 8.58. The summed E-state index contributed by atoms with van der Waals surface area (Å²) in [5, 5.41) is 0. The minimum atomic E-state index is -0.226. The second-order valence-corrected chi connectivity index (χ2v) is 6.48. The van der Waals surface area contributed by atoms with E-state index in [1.807, 2.05) is 35.2 Å². The van der Waals surface area contributed by atoms with Crippen molar-refractivity contribution in [2.24, 2.45) is 0 Å². The van der Waals surface area contributed by atoms with Gasteiger partial charge in [-0.15, -0.1) is 0 Å². The fourth-order valence-corrected chi connectivity index (χ4v) is 2.94. The van der Waals surface area contributed by atoms with E-state index in [4.69, 9.17) is 4.74 Å². The molecular weight excluding hydrogens is 375 g/mol.